The number of nitrogens with one attached hydrogen (secondary N) is 1. The van der Waals surface area contributed by atoms with Gasteiger partial charge >= 0.3 is 5.97 Å². The lowest BCUT2D eigenvalue weighted by Gasteiger charge is -2.28. The average Bonchev–Trinajstić information content (AvgIpc) is 3.21. The predicted octanol–water partition coefficient (Wildman–Crippen LogP) is 2.65. The van der Waals surface area contributed by atoms with Crippen molar-refractivity contribution in [3.8, 4) is 0 Å². The van der Waals surface area contributed by atoms with Gasteiger partial charge in [-0.15, -0.1) is 0 Å². The maximum absolute atomic E-state index is 13.4. The first-order chi connectivity index (χ1) is 13.6. The molecule has 0 saturated carbocycles. The molecule has 8 nitrogen and oxygen atoms in total. The lowest BCUT2D eigenvalue weighted by atomic mass is 9.89. The summed E-state index contributed by atoms with van der Waals surface area (Å²) in [5.41, 5.74) is 1.11. The number of tetrazole rings is 1. The molecular weight excluding hydrogens is 382 g/mol. The summed E-state index contributed by atoms with van der Waals surface area (Å²) in [5.74, 6) is -0.861. The number of methoxy groups -OCH3 is 1. The first-order valence-corrected chi connectivity index (χ1v) is 8.71. The van der Waals surface area contributed by atoms with Crippen molar-refractivity contribution in [1.29, 1.82) is 0 Å². The number of ether oxygens (including phenoxy) is 1. The molecule has 9 heteroatoms. The second kappa shape index (κ2) is 7.24. The van der Waals surface area contributed by atoms with Crippen LogP contribution in [0.1, 0.15) is 22.0 Å². The smallest absolute Gasteiger partial charge is 0.355 e. The van der Waals surface area contributed by atoms with Gasteiger partial charge in [-0.25, -0.2) is 4.79 Å². The van der Waals surface area contributed by atoms with E-state index in [1.165, 1.54) is 11.8 Å². The fourth-order valence-electron chi connectivity index (χ4n) is 3.12. The minimum absolute atomic E-state index is 0.0245. The zero-order valence-corrected chi connectivity index (χ0v) is 15.4. The fourth-order valence-corrected chi connectivity index (χ4v) is 3.36. The summed E-state index contributed by atoms with van der Waals surface area (Å²) in [7, 11) is 1.24. The number of carbonyl (C=O) groups excluding carboxylic acids is 2. The molecule has 1 atom stereocenters. The molecule has 0 aliphatic carbocycles. The van der Waals surface area contributed by atoms with Crippen molar-refractivity contribution in [2.24, 2.45) is 0 Å². The molecule has 3 aromatic rings. The minimum atomic E-state index is -0.804. The summed E-state index contributed by atoms with van der Waals surface area (Å²) in [4.78, 5) is 25.9. The van der Waals surface area contributed by atoms with Crippen molar-refractivity contribution in [2.45, 2.75) is 6.04 Å². The van der Waals surface area contributed by atoms with Crippen LogP contribution >= 0.6 is 11.6 Å². The topological polar surface area (TPSA) is 99.0 Å². The van der Waals surface area contributed by atoms with Gasteiger partial charge in [0.15, 0.2) is 5.78 Å². The van der Waals surface area contributed by atoms with Crippen LogP contribution < -0.4 is 5.32 Å². The third kappa shape index (κ3) is 2.93. The monoisotopic (exact) mass is 395 g/mol. The summed E-state index contributed by atoms with van der Waals surface area (Å²) in [5, 5.41) is 14.8. The summed E-state index contributed by atoms with van der Waals surface area (Å²) >= 11 is 6.42. The van der Waals surface area contributed by atoms with Crippen LogP contribution in [-0.4, -0.2) is 39.1 Å². The van der Waals surface area contributed by atoms with Crippen LogP contribution in [0.4, 0.5) is 5.95 Å². The molecule has 0 saturated heterocycles. The van der Waals surface area contributed by atoms with E-state index in [9.17, 15) is 9.59 Å². The number of anilines is 1. The molecule has 2 aromatic carbocycles. The Kier molecular flexibility index (Phi) is 4.62. The molecule has 0 fully saturated rings. The number of Topliss-reactive ketones (excluding diaryl/α,β-unsaturated/α-hetero) is 1. The van der Waals surface area contributed by atoms with Gasteiger partial charge in [-0.05, 0) is 16.5 Å². The largest absolute Gasteiger partial charge is 0.464 e. The Morgan fingerprint density at radius 1 is 1.11 bits per heavy atom. The average molecular weight is 396 g/mol. The molecular formula is C19H14ClN5O3. The number of halogens is 1. The Hall–Kier alpha value is -3.52. The van der Waals surface area contributed by atoms with Gasteiger partial charge in [-0.1, -0.05) is 65.2 Å². The summed E-state index contributed by atoms with van der Waals surface area (Å²) in [6.45, 7) is 0. The number of ketones is 1. The second-order valence-electron chi connectivity index (χ2n) is 5.97. The Bertz CT molecular complexity index is 1090. The first-order valence-electron chi connectivity index (χ1n) is 8.33. The molecule has 0 bridgehead atoms. The molecule has 1 aromatic heterocycles. The standard InChI is InChI=1S/C19H14ClN5O3/c1-28-18(27)15-14(17(26)11-7-3-2-4-8-11)16(12-9-5-6-10-13(12)20)25-19(21-15)22-23-24-25/h2-10,16H,1H3,(H,21,22,24)/t16-/m1/s1. The van der Waals surface area contributed by atoms with Crippen molar-refractivity contribution < 1.29 is 14.3 Å². The number of hydrogen-bond donors (Lipinski definition) is 1. The van der Waals surface area contributed by atoms with E-state index in [0.717, 1.165) is 0 Å². The molecule has 2 heterocycles. The highest BCUT2D eigenvalue weighted by Crippen LogP contribution is 2.39. The number of aromatic nitrogens is 4. The van der Waals surface area contributed by atoms with Crippen LogP contribution in [0, 0.1) is 0 Å². The highest BCUT2D eigenvalue weighted by Gasteiger charge is 2.39. The minimum Gasteiger partial charge on any atom is -0.464 e. The number of carbonyl (C=O) groups is 2. The SMILES string of the molecule is COC(=O)C1=C(C(=O)c2ccccc2)[C@@H](c2ccccc2Cl)n2nnnc2N1. The van der Waals surface area contributed by atoms with Crippen LogP contribution in [0.15, 0.2) is 65.9 Å². The molecule has 0 amide bonds. The molecule has 1 aliphatic rings. The predicted molar refractivity (Wildman–Crippen MR) is 101 cm³/mol. The van der Waals surface area contributed by atoms with E-state index in [-0.39, 0.29) is 23.0 Å². The zero-order valence-electron chi connectivity index (χ0n) is 14.7. The molecule has 28 heavy (non-hydrogen) atoms. The number of rotatable bonds is 4. The van der Waals surface area contributed by atoms with Crippen molar-refractivity contribution in [3.63, 3.8) is 0 Å². The van der Waals surface area contributed by atoms with Crippen molar-refractivity contribution in [3.05, 3.63) is 82.0 Å². The summed E-state index contributed by atoms with van der Waals surface area (Å²) < 4.78 is 6.31. The van der Waals surface area contributed by atoms with Gasteiger partial charge in [-0.2, -0.15) is 4.68 Å². The maximum Gasteiger partial charge on any atom is 0.355 e. The summed E-state index contributed by atoms with van der Waals surface area (Å²) in [6, 6.07) is 14.9. The van der Waals surface area contributed by atoms with Gasteiger partial charge in [0.2, 0.25) is 5.95 Å². The lowest BCUT2D eigenvalue weighted by Crippen LogP contribution is -2.33. The molecule has 0 spiro atoms. The van der Waals surface area contributed by atoms with Gasteiger partial charge in [0, 0.05) is 16.1 Å². The maximum atomic E-state index is 13.4. The van der Waals surface area contributed by atoms with Crippen molar-refractivity contribution in [1.82, 2.24) is 20.2 Å². The Morgan fingerprint density at radius 3 is 2.54 bits per heavy atom. The number of benzene rings is 2. The number of fused-ring (bicyclic) bond motifs is 1. The third-order valence-corrected chi connectivity index (χ3v) is 4.73. The number of allylic oxidation sites excluding steroid dienone is 1. The second-order valence-corrected chi connectivity index (χ2v) is 6.38. The summed E-state index contributed by atoms with van der Waals surface area (Å²) in [6.07, 6.45) is 0. The molecule has 140 valence electrons. The molecule has 0 radical (unpaired) electrons. The highest BCUT2D eigenvalue weighted by atomic mass is 35.5. The molecule has 4 rings (SSSR count). The molecule has 1 aliphatic heterocycles. The quantitative estimate of drug-likeness (QED) is 0.535. The van der Waals surface area contributed by atoms with Crippen LogP contribution in [-0.2, 0) is 9.53 Å². The van der Waals surface area contributed by atoms with Crippen molar-refractivity contribution >= 4 is 29.3 Å². The van der Waals surface area contributed by atoms with Gasteiger partial charge in [-0.3, -0.25) is 4.79 Å². The normalized spacial score (nSPS) is 15.6. The number of nitrogens with zero attached hydrogens (tertiary/aromatic N) is 4. The van der Waals surface area contributed by atoms with E-state index >= 15 is 0 Å². The Labute approximate surface area is 164 Å². The first kappa shape index (κ1) is 17.9. The number of hydrogen-bond acceptors (Lipinski definition) is 7. The van der Waals surface area contributed by atoms with E-state index in [1.54, 1.807) is 54.6 Å². The van der Waals surface area contributed by atoms with E-state index in [4.69, 9.17) is 16.3 Å². The van der Waals surface area contributed by atoms with Gasteiger partial charge < -0.3 is 10.1 Å². The van der Waals surface area contributed by atoms with Crippen molar-refractivity contribution in [2.75, 3.05) is 12.4 Å². The van der Waals surface area contributed by atoms with Crippen LogP contribution in [0.3, 0.4) is 0 Å². The number of esters is 1. The van der Waals surface area contributed by atoms with E-state index in [2.05, 4.69) is 20.8 Å². The van der Waals surface area contributed by atoms with E-state index < -0.39 is 12.0 Å². The lowest BCUT2D eigenvalue weighted by molar-refractivity contribution is -0.136. The zero-order chi connectivity index (χ0) is 19.7. The Balaban J connectivity index is 1.99. The molecule has 0 unspecified atom stereocenters. The van der Waals surface area contributed by atoms with Gasteiger partial charge in [0.05, 0.1) is 12.7 Å². The van der Waals surface area contributed by atoms with Gasteiger partial charge in [0.25, 0.3) is 0 Å². The van der Waals surface area contributed by atoms with E-state index in [0.29, 0.717) is 16.1 Å². The van der Waals surface area contributed by atoms with Crippen LogP contribution in [0.2, 0.25) is 5.02 Å². The molecule has 1 N–H and O–H groups in total. The van der Waals surface area contributed by atoms with Gasteiger partial charge in [0.1, 0.15) is 11.7 Å². The Morgan fingerprint density at radius 2 is 1.82 bits per heavy atom. The third-order valence-electron chi connectivity index (χ3n) is 4.39. The van der Waals surface area contributed by atoms with Crippen LogP contribution in [0.25, 0.3) is 0 Å². The fraction of sp³-hybridized carbons (Fsp3) is 0.105. The van der Waals surface area contributed by atoms with Crippen LogP contribution in [0.5, 0.6) is 0 Å². The highest BCUT2D eigenvalue weighted by molar-refractivity contribution is 6.31. The van der Waals surface area contributed by atoms with E-state index in [1.807, 2.05) is 0 Å².